The van der Waals surface area contributed by atoms with Gasteiger partial charge in [-0.25, -0.2) is 0 Å². The van der Waals surface area contributed by atoms with E-state index in [1.165, 1.54) is 0 Å². The molecule has 70 valence electrons. The van der Waals surface area contributed by atoms with Crippen LogP contribution in [0.1, 0.15) is 17.2 Å². The third-order valence-corrected chi connectivity index (χ3v) is 1.95. The maximum atomic E-state index is 10.8. The largest absolute Gasteiger partial charge is 0.480 e. The summed E-state index contributed by atoms with van der Waals surface area (Å²) in [6, 6.07) is 6.85. The van der Waals surface area contributed by atoms with Crippen molar-refractivity contribution in [3.63, 3.8) is 0 Å². The third kappa shape index (κ3) is 2.29. The molecule has 0 aliphatic heterocycles. The summed E-state index contributed by atoms with van der Waals surface area (Å²) in [6.45, 7) is 1.97. The van der Waals surface area contributed by atoms with Crippen molar-refractivity contribution in [2.45, 2.75) is 13.0 Å². The summed E-state index contributed by atoms with van der Waals surface area (Å²) in [5, 5.41) is 11.6. The average molecular weight is 179 g/mol. The van der Waals surface area contributed by atoms with Gasteiger partial charge in [0, 0.05) is 0 Å². The van der Waals surface area contributed by atoms with Gasteiger partial charge < -0.3 is 10.4 Å². The van der Waals surface area contributed by atoms with E-state index in [0.717, 1.165) is 11.1 Å². The van der Waals surface area contributed by atoms with Crippen molar-refractivity contribution in [3.8, 4) is 0 Å². The lowest BCUT2D eigenvalue weighted by Gasteiger charge is -2.11. The standard InChI is InChI=1S/C10H13NO2/c1-7-3-5-8(6-4-7)9(11-2)10(12)13/h3-6,9,11H,1-2H3,(H,12,13)/t9-/m1/s1. The number of aliphatic carboxylic acids is 1. The molecule has 1 aromatic carbocycles. The fourth-order valence-corrected chi connectivity index (χ4v) is 1.19. The van der Waals surface area contributed by atoms with Gasteiger partial charge in [0.25, 0.3) is 0 Å². The number of hydrogen-bond acceptors (Lipinski definition) is 2. The van der Waals surface area contributed by atoms with Gasteiger partial charge in [-0.15, -0.1) is 0 Å². The summed E-state index contributed by atoms with van der Waals surface area (Å²) in [5.41, 5.74) is 1.91. The number of likely N-dealkylation sites (N-methyl/N-ethyl adjacent to an activating group) is 1. The molecule has 0 heterocycles. The number of nitrogens with one attached hydrogen (secondary N) is 1. The molecule has 0 bridgehead atoms. The molecule has 1 atom stereocenters. The molecule has 0 radical (unpaired) electrons. The first kappa shape index (κ1) is 9.74. The lowest BCUT2D eigenvalue weighted by atomic mass is 10.1. The maximum Gasteiger partial charge on any atom is 0.325 e. The van der Waals surface area contributed by atoms with Crippen molar-refractivity contribution >= 4 is 5.97 Å². The third-order valence-electron chi connectivity index (χ3n) is 1.95. The minimum absolute atomic E-state index is 0.611. The van der Waals surface area contributed by atoms with Crippen LogP contribution in [-0.4, -0.2) is 18.1 Å². The molecule has 1 rings (SSSR count). The minimum Gasteiger partial charge on any atom is -0.480 e. The van der Waals surface area contributed by atoms with Crippen molar-refractivity contribution < 1.29 is 9.90 Å². The number of carbonyl (C=O) groups is 1. The highest BCUT2D eigenvalue weighted by atomic mass is 16.4. The summed E-state index contributed by atoms with van der Waals surface area (Å²) < 4.78 is 0. The van der Waals surface area contributed by atoms with E-state index in [-0.39, 0.29) is 0 Å². The molecule has 0 amide bonds. The van der Waals surface area contributed by atoms with E-state index >= 15 is 0 Å². The second-order valence-electron chi connectivity index (χ2n) is 2.97. The normalized spacial score (nSPS) is 12.5. The van der Waals surface area contributed by atoms with Crippen molar-refractivity contribution in [2.24, 2.45) is 0 Å². The van der Waals surface area contributed by atoms with Crippen LogP contribution in [0, 0.1) is 6.92 Å². The number of rotatable bonds is 3. The quantitative estimate of drug-likeness (QED) is 0.736. The van der Waals surface area contributed by atoms with Crippen LogP contribution in [0.2, 0.25) is 0 Å². The van der Waals surface area contributed by atoms with E-state index < -0.39 is 12.0 Å². The number of benzene rings is 1. The Morgan fingerprint density at radius 3 is 2.31 bits per heavy atom. The highest BCUT2D eigenvalue weighted by molar-refractivity contribution is 5.75. The van der Waals surface area contributed by atoms with Gasteiger partial charge >= 0.3 is 5.97 Å². The fraction of sp³-hybridized carbons (Fsp3) is 0.300. The van der Waals surface area contributed by atoms with Gasteiger partial charge in [-0.2, -0.15) is 0 Å². The molecule has 3 nitrogen and oxygen atoms in total. The second-order valence-corrected chi connectivity index (χ2v) is 2.97. The lowest BCUT2D eigenvalue weighted by Crippen LogP contribution is -2.24. The molecular formula is C10H13NO2. The lowest BCUT2D eigenvalue weighted by molar-refractivity contribution is -0.139. The van der Waals surface area contributed by atoms with Crippen LogP contribution in [0.4, 0.5) is 0 Å². The van der Waals surface area contributed by atoms with Crippen LogP contribution < -0.4 is 5.32 Å². The number of carboxylic acid groups (broad SMARTS) is 1. The van der Waals surface area contributed by atoms with Crippen LogP contribution in [0.15, 0.2) is 24.3 Å². The predicted octanol–water partition coefficient (Wildman–Crippen LogP) is 1.34. The summed E-state index contributed by atoms with van der Waals surface area (Å²) in [7, 11) is 1.64. The monoisotopic (exact) mass is 179 g/mol. The maximum absolute atomic E-state index is 10.8. The van der Waals surface area contributed by atoms with Gasteiger partial charge in [0.15, 0.2) is 0 Å². The smallest absolute Gasteiger partial charge is 0.325 e. The molecule has 0 aromatic heterocycles. The highest BCUT2D eigenvalue weighted by Gasteiger charge is 2.16. The second kappa shape index (κ2) is 4.05. The van der Waals surface area contributed by atoms with E-state index in [1.807, 2.05) is 31.2 Å². The van der Waals surface area contributed by atoms with Gasteiger partial charge in [-0.1, -0.05) is 29.8 Å². The summed E-state index contributed by atoms with van der Waals surface area (Å²) in [4.78, 5) is 10.8. The Balaban J connectivity index is 2.92. The SMILES string of the molecule is CN[C@@H](C(=O)O)c1ccc(C)cc1. The summed E-state index contributed by atoms with van der Waals surface area (Å²) >= 11 is 0. The average Bonchev–Trinajstić information content (AvgIpc) is 2.09. The van der Waals surface area contributed by atoms with Crippen LogP contribution in [-0.2, 0) is 4.79 Å². The Kier molecular flexibility index (Phi) is 3.03. The zero-order valence-electron chi connectivity index (χ0n) is 7.74. The molecular weight excluding hydrogens is 166 g/mol. The molecule has 0 fully saturated rings. The topological polar surface area (TPSA) is 49.3 Å². The molecule has 0 aliphatic carbocycles. The van der Waals surface area contributed by atoms with Gasteiger partial charge in [0.2, 0.25) is 0 Å². The number of carboxylic acids is 1. The molecule has 0 spiro atoms. The Labute approximate surface area is 77.4 Å². The van der Waals surface area contributed by atoms with Gasteiger partial charge in [0.05, 0.1) is 0 Å². The van der Waals surface area contributed by atoms with Crippen molar-refractivity contribution in [1.29, 1.82) is 0 Å². The summed E-state index contributed by atoms with van der Waals surface area (Å²) in [5.74, 6) is -0.855. The predicted molar refractivity (Wildman–Crippen MR) is 50.6 cm³/mol. The Morgan fingerprint density at radius 2 is 1.92 bits per heavy atom. The van der Waals surface area contributed by atoms with Crippen LogP contribution in [0.25, 0.3) is 0 Å². The summed E-state index contributed by atoms with van der Waals surface area (Å²) in [6.07, 6.45) is 0. The molecule has 2 N–H and O–H groups in total. The highest BCUT2D eigenvalue weighted by Crippen LogP contribution is 2.13. The van der Waals surface area contributed by atoms with Crippen LogP contribution >= 0.6 is 0 Å². The van der Waals surface area contributed by atoms with E-state index in [0.29, 0.717) is 0 Å². The van der Waals surface area contributed by atoms with E-state index in [1.54, 1.807) is 7.05 Å². The zero-order chi connectivity index (χ0) is 9.84. The molecule has 0 saturated heterocycles. The molecule has 1 aromatic rings. The van der Waals surface area contributed by atoms with E-state index in [2.05, 4.69) is 5.32 Å². The van der Waals surface area contributed by atoms with Gasteiger partial charge in [-0.05, 0) is 19.5 Å². The van der Waals surface area contributed by atoms with E-state index in [4.69, 9.17) is 5.11 Å². The van der Waals surface area contributed by atoms with E-state index in [9.17, 15) is 4.79 Å². The molecule has 0 unspecified atom stereocenters. The van der Waals surface area contributed by atoms with Crippen LogP contribution in [0.5, 0.6) is 0 Å². The first-order valence-corrected chi connectivity index (χ1v) is 4.12. The van der Waals surface area contributed by atoms with Crippen molar-refractivity contribution in [3.05, 3.63) is 35.4 Å². The first-order chi connectivity index (χ1) is 6.15. The fourth-order valence-electron chi connectivity index (χ4n) is 1.19. The number of hydrogen-bond donors (Lipinski definition) is 2. The van der Waals surface area contributed by atoms with Crippen LogP contribution in [0.3, 0.4) is 0 Å². The van der Waals surface area contributed by atoms with Gasteiger partial charge in [-0.3, -0.25) is 4.79 Å². The molecule has 0 saturated carbocycles. The van der Waals surface area contributed by atoms with Gasteiger partial charge in [0.1, 0.15) is 6.04 Å². The molecule has 13 heavy (non-hydrogen) atoms. The first-order valence-electron chi connectivity index (χ1n) is 4.12. The minimum atomic E-state index is -0.855. The van der Waals surface area contributed by atoms with Crippen molar-refractivity contribution in [1.82, 2.24) is 5.32 Å². The number of aryl methyl sites for hydroxylation is 1. The Hall–Kier alpha value is -1.35. The molecule has 0 aliphatic rings. The van der Waals surface area contributed by atoms with Crippen molar-refractivity contribution in [2.75, 3.05) is 7.05 Å². The zero-order valence-corrected chi connectivity index (χ0v) is 7.74. The Bertz CT molecular complexity index is 292. The Morgan fingerprint density at radius 1 is 1.38 bits per heavy atom. The molecule has 3 heteroatoms.